The van der Waals surface area contributed by atoms with Gasteiger partial charge in [-0.05, 0) is 24.7 Å². The van der Waals surface area contributed by atoms with Crippen molar-refractivity contribution < 1.29 is 14.3 Å². The van der Waals surface area contributed by atoms with Gasteiger partial charge in [-0.15, -0.1) is 0 Å². The minimum atomic E-state index is -0.810. The first-order chi connectivity index (χ1) is 8.40. The standard InChI is InChI=1S/C13H19FN2O2/c1-15(2)12-8-10(4-5-11(12)14)9-16(3)7-6-13(17)18/h4-5,8H,6-7,9H2,1-3H3,(H,17,18). The van der Waals surface area contributed by atoms with Gasteiger partial charge in [0.15, 0.2) is 0 Å². The minimum Gasteiger partial charge on any atom is -0.481 e. The van der Waals surface area contributed by atoms with Crippen molar-refractivity contribution in [3.8, 4) is 0 Å². The highest BCUT2D eigenvalue weighted by molar-refractivity contribution is 5.66. The van der Waals surface area contributed by atoms with Gasteiger partial charge in [-0.2, -0.15) is 0 Å². The number of hydrogen-bond acceptors (Lipinski definition) is 3. The molecule has 0 aliphatic rings. The molecule has 0 fully saturated rings. The van der Waals surface area contributed by atoms with Crippen LogP contribution in [-0.4, -0.2) is 43.7 Å². The highest BCUT2D eigenvalue weighted by Gasteiger charge is 2.08. The number of hydrogen-bond donors (Lipinski definition) is 1. The van der Waals surface area contributed by atoms with Gasteiger partial charge in [-0.3, -0.25) is 4.79 Å². The number of aliphatic carboxylic acids is 1. The van der Waals surface area contributed by atoms with E-state index in [4.69, 9.17) is 5.11 Å². The molecule has 0 saturated carbocycles. The van der Waals surface area contributed by atoms with Gasteiger partial charge in [-0.1, -0.05) is 6.07 Å². The Bertz CT molecular complexity index is 421. The van der Waals surface area contributed by atoms with Crippen molar-refractivity contribution in [1.29, 1.82) is 0 Å². The second-order valence-electron chi connectivity index (χ2n) is 4.56. The van der Waals surface area contributed by atoms with Gasteiger partial charge in [0.25, 0.3) is 0 Å². The second kappa shape index (κ2) is 6.35. The zero-order valence-electron chi connectivity index (χ0n) is 11.0. The molecule has 0 amide bonds. The summed E-state index contributed by atoms with van der Waals surface area (Å²) in [5.74, 6) is -1.06. The first-order valence-electron chi connectivity index (χ1n) is 5.76. The lowest BCUT2D eigenvalue weighted by Crippen LogP contribution is -2.21. The van der Waals surface area contributed by atoms with Crippen molar-refractivity contribution in [2.45, 2.75) is 13.0 Å². The molecule has 0 spiro atoms. The molecule has 0 bridgehead atoms. The Hall–Kier alpha value is -1.62. The second-order valence-corrected chi connectivity index (χ2v) is 4.56. The molecule has 1 N–H and O–H groups in total. The predicted molar refractivity (Wildman–Crippen MR) is 69.3 cm³/mol. The number of benzene rings is 1. The average Bonchev–Trinajstić information content (AvgIpc) is 2.28. The zero-order valence-corrected chi connectivity index (χ0v) is 11.0. The van der Waals surface area contributed by atoms with Crippen LogP contribution in [0.15, 0.2) is 18.2 Å². The van der Waals surface area contributed by atoms with Crippen LogP contribution in [0, 0.1) is 5.82 Å². The molecule has 0 unspecified atom stereocenters. The van der Waals surface area contributed by atoms with Crippen molar-refractivity contribution >= 4 is 11.7 Å². The van der Waals surface area contributed by atoms with Crippen LogP contribution < -0.4 is 4.90 Å². The summed E-state index contributed by atoms with van der Waals surface area (Å²) >= 11 is 0. The van der Waals surface area contributed by atoms with Gasteiger partial charge >= 0.3 is 5.97 Å². The Morgan fingerprint density at radius 1 is 1.33 bits per heavy atom. The van der Waals surface area contributed by atoms with Gasteiger partial charge in [0.05, 0.1) is 12.1 Å². The van der Waals surface area contributed by atoms with Crippen molar-refractivity contribution in [2.24, 2.45) is 0 Å². The maximum atomic E-state index is 13.5. The lowest BCUT2D eigenvalue weighted by Gasteiger charge is -2.18. The Morgan fingerprint density at radius 2 is 2.00 bits per heavy atom. The summed E-state index contributed by atoms with van der Waals surface area (Å²) in [6.45, 7) is 1.08. The molecule has 100 valence electrons. The quantitative estimate of drug-likeness (QED) is 0.840. The van der Waals surface area contributed by atoms with E-state index < -0.39 is 5.97 Å². The van der Waals surface area contributed by atoms with Gasteiger partial charge in [0.2, 0.25) is 0 Å². The monoisotopic (exact) mass is 254 g/mol. The number of halogens is 1. The van der Waals surface area contributed by atoms with Gasteiger partial charge in [0.1, 0.15) is 5.82 Å². The number of carboxylic acids is 1. The van der Waals surface area contributed by atoms with E-state index in [9.17, 15) is 9.18 Å². The summed E-state index contributed by atoms with van der Waals surface area (Å²) in [6.07, 6.45) is 0.109. The average molecular weight is 254 g/mol. The zero-order chi connectivity index (χ0) is 13.7. The normalized spacial score (nSPS) is 10.7. The maximum absolute atomic E-state index is 13.5. The molecule has 0 heterocycles. The van der Waals surface area contributed by atoms with E-state index in [1.165, 1.54) is 6.07 Å². The third-order valence-corrected chi connectivity index (χ3v) is 2.65. The molecule has 0 aromatic heterocycles. The van der Waals surface area contributed by atoms with E-state index in [2.05, 4.69) is 0 Å². The molecule has 4 nitrogen and oxygen atoms in total. The summed E-state index contributed by atoms with van der Waals surface area (Å²) in [7, 11) is 5.42. The molecule has 0 radical (unpaired) electrons. The lowest BCUT2D eigenvalue weighted by atomic mass is 10.1. The Kier molecular flexibility index (Phi) is 5.09. The number of rotatable bonds is 6. The van der Waals surface area contributed by atoms with E-state index >= 15 is 0 Å². The van der Waals surface area contributed by atoms with E-state index in [1.807, 2.05) is 11.9 Å². The Morgan fingerprint density at radius 3 is 2.56 bits per heavy atom. The Labute approximate surface area is 107 Å². The molecule has 0 aliphatic carbocycles. The third-order valence-electron chi connectivity index (χ3n) is 2.65. The van der Waals surface area contributed by atoms with Crippen LogP contribution in [0.1, 0.15) is 12.0 Å². The van der Waals surface area contributed by atoms with Crippen LogP contribution in [0.25, 0.3) is 0 Å². The van der Waals surface area contributed by atoms with Crippen LogP contribution in [0.3, 0.4) is 0 Å². The van der Waals surface area contributed by atoms with Crippen LogP contribution in [0.4, 0.5) is 10.1 Å². The number of carboxylic acid groups (broad SMARTS) is 1. The van der Waals surface area contributed by atoms with Crippen LogP contribution >= 0.6 is 0 Å². The fourth-order valence-electron chi connectivity index (χ4n) is 1.68. The van der Waals surface area contributed by atoms with Gasteiger partial charge < -0.3 is 14.9 Å². The third kappa shape index (κ3) is 4.33. The molecule has 18 heavy (non-hydrogen) atoms. The predicted octanol–water partition coefficient (Wildman–Crippen LogP) is 1.80. The SMILES string of the molecule is CN(CCC(=O)O)Cc1ccc(F)c(N(C)C)c1. The lowest BCUT2D eigenvalue weighted by molar-refractivity contribution is -0.137. The summed E-state index contributed by atoms with van der Waals surface area (Å²) in [5, 5.41) is 8.60. The van der Waals surface area contributed by atoms with Crippen molar-refractivity contribution in [1.82, 2.24) is 4.90 Å². The number of carbonyl (C=O) groups is 1. The minimum absolute atomic E-state index is 0.109. The van der Waals surface area contributed by atoms with Gasteiger partial charge in [0, 0.05) is 27.2 Å². The fourth-order valence-corrected chi connectivity index (χ4v) is 1.68. The molecule has 5 heteroatoms. The summed E-state index contributed by atoms with van der Waals surface area (Å²) in [6, 6.07) is 4.95. The largest absolute Gasteiger partial charge is 0.481 e. The van der Waals surface area contributed by atoms with Crippen LogP contribution in [-0.2, 0) is 11.3 Å². The molecular weight excluding hydrogens is 235 g/mol. The van der Waals surface area contributed by atoms with Crippen molar-refractivity contribution in [3.05, 3.63) is 29.6 Å². The van der Waals surface area contributed by atoms with E-state index in [0.717, 1.165) is 5.56 Å². The highest BCUT2D eigenvalue weighted by atomic mass is 19.1. The molecule has 1 aromatic carbocycles. The van der Waals surface area contributed by atoms with E-state index in [-0.39, 0.29) is 12.2 Å². The summed E-state index contributed by atoms with van der Waals surface area (Å²) < 4.78 is 13.5. The first-order valence-corrected chi connectivity index (χ1v) is 5.76. The van der Waals surface area contributed by atoms with Gasteiger partial charge in [-0.25, -0.2) is 4.39 Å². The first kappa shape index (κ1) is 14.4. The van der Waals surface area contributed by atoms with Crippen molar-refractivity contribution in [3.63, 3.8) is 0 Å². The highest BCUT2D eigenvalue weighted by Crippen LogP contribution is 2.19. The molecule has 0 saturated heterocycles. The number of anilines is 1. The van der Waals surface area contributed by atoms with E-state index in [0.29, 0.717) is 18.8 Å². The number of nitrogens with zero attached hydrogens (tertiary/aromatic N) is 2. The smallest absolute Gasteiger partial charge is 0.304 e. The molecule has 1 rings (SSSR count). The summed E-state index contributed by atoms with van der Waals surface area (Å²) in [5.41, 5.74) is 1.51. The molecule has 0 aliphatic heterocycles. The van der Waals surface area contributed by atoms with E-state index in [1.54, 1.807) is 31.1 Å². The molecule has 0 atom stereocenters. The Balaban J connectivity index is 2.67. The molecule has 1 aromatic rings. The van der Waals surface area contributed by atoms with Crippen molar-refractivity contribution in [2.75, 3.05) is 32.6 Å². The van der Waals surface area contributed by atoms with Crippen LogP contribution in [0.5, 0.6) is 0 Å². The maximum Gasteiger partial charge on any atom is 0.304 e. The van der Waals surface area contributed by atoms with Crippen LogP contribution in [0.2, 0.25) is 0 Å². The summed E-state index contributed by atoms with van der Waals surface area (Å²) in [4.78, 5) is 14.1. The fraction of sp³-hybridized carbons (Fsp3) is 0.462. The molecular formula is C13H19FN2O2. The topological polar surface area (TPSA) is 43.8 Å².